The highest BCUT2D eigenvalue weighted by Gasteiger charge is 2.06. The molecule has 0 saturated heterocycles. The highest BCUT2D eigenvalue weighted by Crippen LogP contribution is 2.11. The summed E-state index contributed by atoms with van der Waals surface area (Å²) in [6.07, 6.45) is 2.56. The van der Waals surface area contributed by atoms with Crippen LogP contribution in [0.1, 0.15) is 0 Å². The van der Waals surface area contributed by atoms with Crippen LogP contribution in [0.3, 0.4) is 0 Å². The summed E-state index contributed by atoms with van der Waals surface area (Å²) in [6, 6.07) is 9.08. The molecular formula is C12H13ClN2O2. The van der Waals surface area contributed by atoms with Gasteiger partial charge in [0.1, 0.15) is 12.4 Å². The SMILES string of the molecule is N/C=C(Cl)\C=C(/COc1ccccc1)C(N)=O. The number of hydrogen-bond acceptors (Lipinski definition) is 3. The third-order valence-corrected chi connectivity index (χ3v) is 2.16. The zero-order valence-electron chi connectivity index (χ0n) is 9.10. The van der Waals surface area contributed by atoms with E-state index >= 15 is 0 Å². The predicted molar refractivity (Wildman–Crippen MR) is 67.3 cm³/mol. The molecule has 0 bridgehead atoms. The number of amides is 1. The average molecular weight is 253 g/mol. The molecule has 0 heterocycles. The number of carbonyl (C=O) groups excluding carboxylic acids is 1. The summed E-state index contributed by atoms with van der Waals surface area (Å²) in [5.74, 6) is 0.0495. The number of allylic oxidation sites excluding steroid dienone is 2. The van der Waals surface area contributed by atoms with Crippen molar-refractivity contribution < 1.29 is 9.53 Å². The highest BCUT2D eigenvalue weighted by atomic mass is 35.5. The number of primary amides is 1. The standard InChI is InChI=1S/C12H13ClN2O2/c13-10(7-14)6-9(12(15)16)8-17-11-4-2-1-3-5-11/h1-7H,8,14H2,(H2,15,16)/b9-6+,10-7+. The fourth-order valence-electron chi connectivity index (χ4n) is 1.08. The fraction of sp³-hybridized carbons (Fsp3) is 0.0833. The lowest BCUT2D eigenvalue weighted by Crippen LogP contribution is -2.19. The van der Waals surface area contributed by atoms with Gasteiger partial charge in [0.25, 0.3) is 0 Å². The summed E-state index contributed by atoms with van der Waals surface area (Å²) in [5.41, 5.74) is 10.6. The first-order chi connectivity index (χ1) is 8.13. The Bertz CT molecular complexity index is 441. The van der Waals surface area contributed by atoms with Crippen LogP contribution in [0.15, 0.2) is 53.2 Å². The van der Waals surface area contributed by atoms with E-state index in [9.17, 15) is 4.79 Å². The minimum absolute atomic E-state index is 0.0450. The normalized spacial score (nSPS) is 12.3. The molecule has 4 N–H and O–H groups in total. The van der Waals surface area contributed by atoms with E-state index in [4.69, 9.17) is 27.8 Å². The first kappa shape index (κ1) is 13.1. The molecule has 90 valence electrons. The molecule has 1 rings (SSSR count). The van der Waals surface area contributed by atoms with Crippen molar-refractivity contribution in [3.05, 3.63) is 53.2 Å². The second-order valence-electron chi connectivity index (χ2n) is 3.19. The monoisotopic (exact) mass is 252 g/mol. The van der Waals surface area contributed by atoms with Crippen LogP contribution in [0.4, 0.5) is 0 Å². The van der Waals surface area contributed by atoms with Crippen LogP contribution in [0.5, 0.6) is 5.75 Å². The second kappa shape index (κ2) is 6.60. The first-order valence-corrected chi connectivity index (χ1v) is 5.27. The Kier molecular flexibility index (Phi) is 5.10. The number of rotatable bonds is 5. The van der Waals surface area contributed by atoms with Crippen LogP contribution in [0.25, 0.3) is 0 Å². The van der Waals surface area contributed by atoms with Gasteiger partial charge in [-0.1, -0.05) is 29.8 Å². The molecule has 1 amide bonds. The van der Waals surface area contributed by atoms with Gasteiger partial charge in [-0.3, -0.25) is 4.79 Å². The highest BCUT2D eigenvalue weighted by molar-refractivity contribution is 6.31. The summed E-state index contributed by atoms with van der Waals surface area (Å²) in [4.78, 5) is 11.1. The molecule has 4 nitrogen and oxygen atoms in total. The van der Waals surface area contributed by atoms with Crippen LogP contribution in [0, 0.1) is 0 Å². The number of halogens is 1. The fourth-order valence-corrected chi connectivity index (χ4v) is 1.21. The van der Waals surface area contributed by atoms with Gasteiger partial charge in [-0.2, -0.15) is 0 Å². The molecule has 5 heteroatoms. The van der Waals surface area contributed by atoms with Gasteiger partial charge >= 0.3 is 0 Å². The van der Waals surface area contributed by atoms with E-state index in [2.05, 4.69) is 0 Å². The molecule has 0 atom stereocenters. The van der Waals surface area contributed by atoms with Crippen molar-refractivity contribution in [2.45, 2.75) is 0 Å². The Hall–Kier alpha value is -1.94. The van der Waals surface area contributed by atoms with Gasteiger partial charge in [0, 0.05) is 6.20 Å². The maximum Gasteiger partial charge on any atom is 0.248 e. The maximum absolute atomic E-state index is 11.1. The molecule has 0 radical (unpaired) electrons. The van der Waals surface area contributed by atoms with E-state index in [1.54, 1.807) is 12.1 Å². The molecule has 1 aromatic rings. The zero-order valence-corrected chi connectivity index (χ0v) is 9.85. The minimum Gasteiger partial charge on any atom is -0.489 e. The summed E-state index contributed by atoms with van der Waals surface area (Å²) < 4.78 is 5.38. The van der Waals surface area contributed by atoms with E-state index in [0.717, 1.165) is 0 Å². The van der Waals surface area contributed by atoms with Crippen LogP contribution >= 0.6 is 11.6 Å². The summed E-state index contributed by atoms with van der Waals surface area (Å²) in [7, 11) is 0. The molecule has 0 aromatic heterocycles. The van der Waals surface area contributed by atoms with Crippen LogP contribution in [0.2, 0.25) is 0 Å². The lowest BCUT2D eigenvalue weighted by Gasteiger charge is -2.06. The molecule has 0 aliphatic carbocycles. The number of para-hydroxylation sites is 1. The Balaban J connectivity index is 2.70. The Morgan fingerprint density at radius 2 is 2.00 bits per heavy atom. The van der Waals surface area contributed by atoms with Gasteiger partial charge < -0.3 is 16.2 Å². The van der Waals surface area contributed by atoms with Crippen molar-refractivity contribution in [2.75, 3.05) is 6.61 Å². The van der Waals surface area contributed by atoms with Gasteiger partial charge in [0.05, 0.1) is 10.6 Å². The van der Waals surface area contributed by atoms with Crippen LogP contribution in [-0.2, 0) is 4.79 Å². The first-order valence-electron chi connectivity index (χ1n) is 4.89. The molecule has 0 saturated carbocycles. The topological polar surface area (TPSA) is 78.3 Å². The summed E-state index contributed by atoms with van der Waals surface area (Å²) >= 11 is 5.68. The maximum atomic E-state index is 11.1. The van der Waals surface area contributed by atoms with Crippen molar-refractivity contribution in [1.29, 1.82) is 0 Å². The van der Waals surface area contributed by atoms with Crippen molar-refractivity contribution >= 4 is 17.5 Å². The zero-order chi connectivity index (χ0) is 12.7. The number of carbonyl (C=O) groups is 1. The van der Waals surface area contributed by atoms with E-state index < -0.39 is 5.91 Å². The molecular weight excluding hydrogens is 240 g/mol. The summed E-state index contributed by atoms with van der Waals surface area (Å²) in [5, 5.41) is 0.232. The second-order valence-corrected chi connectivity index (χ2v) is 3.62. The Morgan fingerprint density at radius 3 is 2.53 bits per heavy atom. The third-order valence-electron chi connectivity index (χ3n) is 1.93. The van der Waals surface area contributed by atoms with Crippen LogP contribution < -0.4 is 16.2 Å². The van der Waals surface area contributed by atoms with Crippen molar-refractivity contribution in [3.8, 4) is 5.75 Å². The van der Waals surface area contributed by atoms with E-state index in [-0.39, 0.29) is 17.2 Å². The number of hydrogen-bond donors (Lipinski definition) is 2. The number of nitrogens with two attached hydrogens (primary N) is 2. The largest absolute Gasteiger partial charge is 0.489 e. The molecule has 1 aromatic carbocycles. The van der Waals surface area contributed by atoms with Gasteiger partial charge in [-0.15, -0.1) is 0 Å². The molecule has 0 unspecified atom stereocenters. The van der Waals surface area contributed by atoms with Crippen molar-refractivity contribution in [3.63, 3.8) is 0 Å². The predicted octanol–water partition coefficient (Wildman–Crippen LogP) is 1.52. The van der Waals surface area contributed by atoms with Gasteiger partial charge in [-0.05, 0) is 18.2 Å². The lowest BCUT2D eigenvalue weighted by atomic mass is 10.2. The summed E-state index contributed by atoms with van der Waals surface area (Å²) in [6.45, 7) is 0.0450. The van der Waals surface area contributed by atoms with Crippen molar-refractivity contribution in [2.24, 2.45) is 11.5 Å². The quantitative estimate of drug-likeness (QED) is 0.616. The smallest absolute Gasteiger partial charge is 0.248 e. The molecule has 0 aliphatic heterocycles. The lowest BCUT2D eigenvalue weighted by molar-refractivity contribution is -0.114. The molecule has 0 fully saturated rings. The van der Waals surface area contributed by atoms with Crippen molar-refractivity contribution in [1.82, 2.24) is 0 Å². The van der Waals surface area contributed by atoms with Crippen LogP contribution in [-0.4, -0.2) is 12.5 Å². The van der Waals surface area contributed by atoms with Gasteiger partial charge in [0.15, 0.2) is 0 Å². The number of benzene rings is 1. The molecule has 17 heavy (non-hydrogen) atoms. The third kappa shape index (κ3) is 4.61. The van der Waals surface area contributed by atoms with E-state index in [1.165, 1.54) is 12.3 Å². The van der Waals surface area contributed by atoms with E-state index in [1.807, 2.05) is 18.2 Å². The Labute approximate surface area is 104 Å². The van der Waals surface area contributed by atoms with E-state index in [0.29, 0.717) is 5.75 Å². The van der Waals surface area contributed by atoms with Gasteiger partial charge in [-0.25, -0.2) is 0 Å². The molecule has 0 spiro atoms. The molecule has 0 aliphatic rings. The average Bonchev–Trinajstić information content (AvgIpc) is 2.35. The number of ether oxygens (including phenoxy) is 1. The van der Waals surface area contributed by atoms with Gasteiger partial charge in [0.2, 0.25) is 5.91 Å². The minimum atomic E-state index is -0.596. The Morgan fingerprint density at radius 1 is 1.35 bits per heavy atom.